The van der Waals surface area contributed by atoms with Crippen molar-refractivity contribution in [2.45, 2.75) is 6.61 Å². The fraction of sp³-hybridized carbons (Fsp3) is 0.0769. The second-order valence-electron chi connectivity index (χ2n) is 7.05. The Morgan fingerprint density at radius 2 is 1.69 bits per heavy atom. The molecule has 0 atom stereocenters. The summed E-state index contributed by atoms with van der Waals surface area (Å²) in [6, 6.07) is 28.5. The number of benzene rings is 4. The summed E-state index contributed by atoms with van der Waals surface area (Å²) in [4.78, 5) is 12.1. The molecule has 0 saturated carbocycles. The Morgan fingerprint density at radius 3 is 2.56 bits per heavy atom. The van der Waals surface area contributed by atoms with Crippen molar-refractivity contribution in [3.8, 4) is 11.5 Å². The minimum atomic E-state index is -0.343. The Bertz CT molecular complexity index is 1230. The highest BCUT2D eigenvalue weighted by Gasteiger charge is 2.05. The number of rotatable bonds is 8. The molecule has 0 aliphatic carbocycles. The molecule has 0 saturated heterocycles. The number of amides is 1. The predicted octanol–water partition coefficient (Wildman–Crippen LogP) is 5.60. The quantitative estimate of drug-likeness (QED) is 0.284. The Balaban J connectivity index is 1.28. The first-order chi connectivity index (χ1) is 15.7. The van der Waals surface area contributed by atoms with Gasteiger partial charge in [-0.2, -0.15) is 5.10 Å². The third-order valence-electron chi connectivity index (χ3n) is 4.69. The minimum Gasteiger partial charge on any atom is -0.489 e. The Labute approximate surface area is 191 Å². The molecule has 0 fully saturated rings. The van der Waals surface area contributed by atoms with Gasteiger partial charge in [-0.15, -0.1) is 0 Å². The molecule has 4 aromatic carbocycles. The summed E-state index contributed by atoms with van der Waals surface area (Å²) in [5.74, 6) is 1.02. The van der Waals surface area contributed by atoms with Gasteiger partial charge in [-0.1, -0.05) is 72.3 Å². The topological polar surface area (TPSA) is 59.9 Å². The summed E-state index contributed by atoms with van der Waals surface area (Å²) in [6.07, 6.45) is 1.56. The van der Waals surface area contributed by atoms with E-state index >= 15 is 0 Å². The van der Waals surface area contributed by atoms with Gasteiger partial charge in [0.2, 0.25) is 0 Å². The van der Waals surface area contributed by atoms with Crippen LogP contribution in [0.1, 0.15) is 11.1 Å². The van der Waals surface area contributed by atoms with Crippen LogP contribution in [0.25, 0.3) is 10.8 Å². The van der Waals surface area contributed by atoms with Crippen molar-refractivity contribution in [2.24, 2.45) is 5.10 Å². The molecule has 0 heterocycles. The summed E-state index contributed by atoms with van der Waals surface area (Å²) in [5, 5.41) is 6.72. The van der Waals surface area contributed by atoms with Gasteiger partial charge in [0.05, 0.1) is 6.21 Å². The Kier molecular flexibility index (Phi) is 7.00. The number of carbonyl (C=O) groups is 1. The van der Waals surface area contributed by atoms with Crippen molar-refractivity contribution < 1.29 is 14.3 Å². The number of carbonyl (C=O) groups excluding carboxylic acids is 1. The standard InChI is InChI=1S/C26H21ClN2O3/c27-22-13-11-19(12-14-22)17-31-23-8-3-5-20(15-23)16-28-29-26(30)18-32-25-10-4-7-21-6-1-2-9-24(21)25/h1-16H,17-18H2,(H,29,30)/b28-16-. The van der Waals surface area contributed by atoms with Crippen molar-refractivity contribution in [2.75, 3.05) is 6.61 Å². The minimum absolute atomic E-state index is 0.129. The summed E-state index contributed by atoms with van der Waals surface area (Å²) in [7, 11) is 0. The van der Waals surface area contributed by atoms with Crippen LogP contribution >= 0.6 is 11.6 Å². The van der Waals surface area contributed by atoms with Crippen LogP contribution in [0.15, 0.2) is 96.1 Å². The zero-order chi connectivity index (χ0) is 22.2. The highest BCUT2D eigenvalue weighted by Crippen LogP contribution is 2.25. The van der Waals surface area contributed by atoms with Crippen LogP contribution in [0.4, 0.5) is 0 Å². The zero-order valence-electron chi connectivity index (χ0n) is 17.2. The maximum atomic E-state index is 12.1. The molecule has 0 aliphatic heterocycles. The summed E-state index contributed by atoms with van der Waals surface area (Å²) in [6.45, 7) is 0.301. The third kappa shape index (κ3) is 5.86. The Hall–Kier alpha value is -3.83. The van der Waals surface area contributed by atoms with Gasteiger partial charge < -0.3 is 9.47 Å². The number of ether oxygens (including phenoxy) is 2. The van der Waals surface area contributed by atoms with E-state index in [0.29, 0.717) is 23.1 Å². The molecule has 5 nitrogen and oxygen atoms in total. The fourth-order valence-electron chi connectivity index (χ4n) is 3.11. The van der Waals surface area contributed by atoms with Crippen LogP contribution in [0.2, 0.25) is 5.02 Å². The molecular formula is C26H21ClN2O3. The number of nitrogens with one attached hydrogen (secondary N) is 1. The molecule has 0 aromatic heterocycles. The molecule has 0 aliphatic rings. The highest BCUT2D eigenvalue weighted by atomic mass is 35.5. The maximum Gasteiger partial charge on any atom is 0.277 e. The van der Waals surface area contributed by atoms with E-state index in [0.717, 1.165) is 21.9 Å². The van der Waals surface area contributed by atoms with Crippen molar-refractivity contribution in [3.05, 3.63) is 107 Å². The summed E-state index contributed by atoms with van der Waals surface area (Å²) < 4.78 is 11.5. The van der Waals surface area contributed by atoms with Gasteiger partial charge in [0.15, 0.2) is 6.61 Å². The van der Waals surface area contributed by atoms with E-state index in [9.17, 15) is 4.79 Å². The number of hydrazone groups is 1. The summed E-state index contributed by atoms with van der Waals surface area (Å²) >= 11 is 5.90. The number of fused-ring (bicyclic) bond motifs is 1. The molecular weight excluding hydrogens is 424 g/mol. The SMILES string of the molecule is O=C(COc1cccc2ccccc12)N/N=C\c1cccc(OCc2ccc(Cl)cc2)c1. The lowest BCUT2D eigenvalue weighted by Gasteiger charge is -2.08. The van der Waals surface area contributed by atoms with Crippen molar-refractivity contribution >= 4 is 34.5 Å². The van der Waals surface area contributed by atoms with Gasteiger partial charge in [0.25, 0.3) is 5.91 Å². The fourth-order valence-corrected chi connectivity index (χ4v) is 3.23. The third-order valence-corrected chi connectivity index (χ3v) is 4.94. The summed E-state index contributed by atoms with van der Waals surface area (Å²) in [5.41, 5.74) is 4.30. The van der Waals surface area contributed by atoms with E-state index in [1.165, 1.54) is 0 Å². The molecule has 1 N–H and O–H groups in total. The molecule has 160 valence electrons. The lowest BCUT2D eigenvalue weighted by molar-refractivity contribution is -0.123. The highest BCUT2D eigenvalue weighted by molar-refractivity contribution is 6.30. The van der Waals surface area contributed by atoms with Gasteiger partial charge in [-0.25, -0.2) is 5.43 Å². The zero-order valence-corrected chi connectivity index (χ0v) is 18.0. The average molecular weight is 445 g/mol. The van der Waals surface area contributed by atoms with Crippen molar-refractivity contribution in [1.29, 1.82) is 0 Å². The molecule has 32 heavy (non-hydrogen) atoms. The van der Waals surface area contributed by atoms with E-state index in [4.69, 9.17) is 21.1 Å². The number of hydrogen-bond donors (Lipinski definition) is 1. The first-order valence-corrected chi connectivity index (χ1v) is 10.4. The van der Waals surface area contributed by atoms with Gasteiger partial charge in [0.1, 0.15) is 18.1 Å². The van der Waals surface area contributed by atoms with Crippen LogP contribution < -0.4 is 14.9 Å². The normalized spacial score (nSPS) is 10.9. The number of nitrogens with zero attached hydrogens (tertiary/aromatic N) is 1. The van der Waals surface area contributed by atoms with Crippen LogP contribution in [0.3, 0.4) is 0 Å². The molecule has 4 rings (SSSR count). The first kappa shape index (κ1) is 21.4. The van der Waals surface area contributed by atoms with Gasteiger partial charge in [0, 0.05) is 10.4 Å². The Morgan fingerprint density at radius 1 is 0.906 bits per heavy atom. The smallest absolute Gasteiger partial charge is 0.277 e. The van der Waals surface area contributed by atoms with E-state index in [1.807, 2.05) is 91.0 Å². The van der Waals surface area contributed by atoms with Crippen molar-refractivity contribution in [1.82, 2.24) is 5.43 Å². The first-order valence-electron chi connectivity index (χ1n) is 10.1. The average Bonchev–Trinajstić information content (AvgIpc) is 2.83. The molecule has 6 heteroatoms. The molecule has 0 spiro atoms. The van der Waals surface area contributed by atoms with E-state index in [-0.39, 0.29) is 12.5 Å². The van der Waals surface area contributed by atoms with E-state index in [1.54, 1.807) is 6.21 Å². The lowest BCUT2D eigenvalue weighted by Crippen LogP contribution is -2.24. The van der Waals surface area contributed by atoms with E-state index < -0.39 is 0 Å². The van der Waals surface area contributed by atoms with Crippen molar-refractivity contribution in [3.63, 3.8) is 0 Å². The molecule has 1 amide bonds. The largest absolute Gasteiger partial charge is 0.489 e. The maximum absolute atomic E-state index is 12.1. The number of hydrogen-bond acceptors (Lipinski definition) is 4. The van der Waals surface area contributed by atoms with Gasteiger partial charge >= 0.3 is 0 Å². The second kappa shape index (κ2) is 10.5. The van der Waals surface area contributed by atoms with Crippen LogP contribution in [-0.2, 0) is 11.4 Å². The number of halogens is 1. The molecule has 0 radical (unpaired) electrons. The second-order valence-corrected chi connectivity index (χ2v) is 7.48. The predicted molar refractivity (Wildman–Crippen MR) is 127 cm³/mol. The monoisotopic (exact) mass is 444 g/mol. The van der Waals surface area contributed by atoms with Crippen LogP contribution in [0, 0.1) is 0 Å². The lowest BCUT2D eigenvalue weighted by atomic mass is 10.1. The van der Waals surface area contributed by atoms with E-state index in [2.05, 4.69) is 10.5 Å². The van der Waals surface area contributed by atoms with Crippen LogP contribution in [-0.4, -0.2) is 18.7 Å². The molecule has 4 aromatic rings. The van der Waals surface area contributed by atoms with Gasteiger partial charge in [-0.05, 0) is 46.8 Å². The van der Waals surface area contributed by atoms with Gasteiger partial charge in [-0.3, -0.25) is 4.79 Å². The van der Waals surface area contributed by atoms with Crippen LogP contribution in [0.5, 0.6) is 11.5 Å². The molecule has 0 unspecified atom stereocenters. The molecule has 0 bridgehead atoms.